The molecule has 0 heterocycles. The highest BCUT2D eigenvalue weighted by Crippen LogP contribution is 2.38. The number of rotatable bonds is 2. The molecule has 0 radical (unpaired) electrons. The topological polar surface area (TPSA) is 34.1 Å². The molecule has 0 amide bonds. The summed E-state index contributed by atoms with van der Waals surface area (Å²) in [5, 5.41) is 0. The largest absolute Gasteiger partial charge is 0.261 e. The molecular weight excluding hydrogens is 258 g/mol. The molecule has 0 aliphatic heterocycles. The van der Waals surface area contributed by atoms with Crippen LogP contribution < -0.4 is 0 Å². The van der Waals surface area contributed by atoms with Gasteiger partial charge in [0.1, 0.15) is 0 Å². The molecule has 1 aromatic rings. The zero-order valence-corrected chi connectivity index (χ0v) is 11.4. The van der Waals surface area contributed by atoms with Gasteiger partial charge < -0.3 is 0 Å². The minimum Gasteiger partial charge on any atom is -0.207 e. The van der Waals surface area contributed by atoms with E-state index < -0.39 is 9.05 Å². The molecule has 0 saturated carbocycles. The van der Waals surface area contributed by atoms with Crippen molar-refractivity contribution >= 4 is 38.2 Å². The molecule has 1 aromatic carbocycles. The molecule has 0 aliphatic rings. The van der Waals surface area contributed by atoms with Crippen molar-refractivity contribution in [1.82, 2.24) is 0 Å². The fourth-order valence-electron chi connectivity index (χ4n) is 0.977. The number of hydrogen-bond donors (Lipinski definition) is 0. The highest BCUT2D eigenvalue weighted by atomic mass is 35.7. The van der Waals surface area contributed by atoms with Gasteiger partial charge >= 0.3 is 0 Å². The highest BCUT2D eigenvalue weighted by Gasteiger charge is 2.15. The average Bonchev–Trinajstić information content (AvgIpc) is 2.01. The molecule has 0 aromatic heterocycles. The summed E-state index contributed by atoms with van der Waals surface area (Å²) in [5.74, 6) is 0. The zero-order chi connectivity index (χ0) is 11.0. The van der Waals surface area contributed by atoms with Gasteiger partial charge in [-0.2, -0.15) is 0 Å². The minimum absolute atomic E-state index is 0.127. The monoisotopic (exact) mass is 268 g/mol. The van der Waals surface area contributed by atoms with Gasteiger partial charge in [-0.1, -0.05) is 12.1 Å². The maximum Gasteiger partial charge on any atom is 0.261 e. The quantitative estimate of drug-likeness (QED) is 0.610. The van der Waals surface area contributed by atoms with Crippen LogP contribution in [0.25, 0.3) is 0 Å². The van der Waals surface area contributed by atoms with Gasteiger partial charge in [-0.3, -0.25) is 0 Å². The fraction of sp³-hybridized carbons (Fsp3) is 0.250. The van der Waals surface area contributed by atoms with Gasteiger partial charge in [-0.25, -0.2) is 8.42 Å². The van der Waals surface area contributed by atoms with Crippen LogP contribution in [0.15, 0.2) is 29.2 Å². The molecule has 2 unspecified atom stereocenters. The van der Waals surface area contributed by atoms with E-state index in [0.29, 0.717) is 0 Å². The molecule has 14 heavy (non-hydrogen) atoms. The second-order valence-corrected chi connectivity index (χ2v) is 8.88. The molecule has 0 saturated heterocycles. The van der Waals surface area contributed by atoms with Gasteiger partial charge in [0.05, 0.1) is 4.90 Å². The van der Waals surface area contributed by atoms with Crippen molar-refractivity contribution in [2.45, 2.75) is 16.7 Å². The lowest BCUT2D eigenvalue weighted by Crippen LogP contribution is -2.02. The molecular formula is C8H11ClO2P2S. The summed E-state index contributed by atoms with van der Waals surface area (Å²) in [7, 11) is 6.90. The predicted octanol–water partition coefficient (Wildman–Crippen LogP) is 2.54. The van der Waals surface area contributed by atoms with Crippen LogP contribution in [0.5, 0.6) is 0 Å². The average molecular weight is 269 g/mol. The van der Waals surface area contributed by atoms with Gasteiger partial charge in [-0.05, 0) is 24.6 Å². The molecule has 1 rings (SSSR count). The lowest BCUT2D eigenvalue weighted by molar-refractivity contribution is 0.609. The Labute approximate surface area is 93.3 Å². The Balaban J connectivity index is 3.14. The summed E-state index contributed by atoms with van der Waals surface area (Å²) >= 11 is 0. The number of hydrogen-bond acceptors (Lipinski definition) is 2. The summed E-state index contributed by atoms with van der Waals surface area (Å²) in [6.45, 7) is 1.99. The molecule has 0 bridgehead atoms. The van der Waals surface area contributed by atoms with E-state index in [9.17, 15) is 8.42 Å². The van der Waals surface area contributed by atoms with Crippen LogP contribution in [0.1, 0.15) is 12.5 Å². The Morgan fingerprint density at radius 1 is 1.21 bits per heavy atom. The SMILES string of the molecule is CC(P)(P)c1ccc(S(=O)(=O)Cl)cc1. The van der Waals surface area contributed by atoms with Crippen molar-refractivity contribution in [3.05, 3.63) is 29.8 Å². The normalized spacial score (nSPS) is 12.9. The number of benzene rings is 1. The molecule has 0 fully saturated rings. The molecule has 2 atom stereocenters. The standard InChI is InChI=1S/C8H11ClO2P2S/c1-8(12,13)6-2-4-7(5-3-6)14(9,10)11/h2-5H,12-13H2,1H3. The van der Waals surface area contributed by atoms with Gasteiger partial charge in [0.15, 0.2) is 0 Å². The molecule has 2 nitrogen and oxygen atoms in total. The van der Waals surface area contributed by atoms with Gasteiger partial charge in [0.2, 0.25) is 0 Å². The maximum atomic E-state index is 10.9. The lowest BCUT2D eigenvalue weighted by Gasteiger charge is -2.18. The Morgan fingerprint density at radius 2 is 1.64 bits per heavy atom. The Kier molecular flexibility index (Phi) is 3.59. The Hall–Kier alpha value is 0.320. The van der Waals surface area contributed by atoms with E-state index in [1.807, 2.05) is 6.92 Å². The van der Waals surface area contributed by atoms with Gasteiger partial charge in [0.25, 0.3) is 9.05 Å². The third kappa shape index (κ3) is 3.17. The van der Waals surface area contributed by atoms with Crippen LogP contribution in [0.4, 0.5) is 0 Å². The Bertz CT molecular complexity index is 420. The van der Waals surface area contributed by atoms with Gasteiger partial charge in [-0.15, -0.1) is 18.5 Å². The van der Waals surface area contributed by atoms with Crippen molar-refractivity contribution in [2.75, 3.05) is 0 Å². The van der Waals surface area contributed by atoms with Crippen LogP contribution >= 0.6 is 29.2 Å². The zero-order valence-electron chi connectivity index (χ0n) is 7.57. The van der Waals surface area contributed by atoms with Gasteiger partial charge in [0, 0.05) is 15.6 Å². The van der Waals surface area contributed by atoms with E-state index in [1.54, 1.807) is 12.1 Å². The van der Waals surface area contributed by atoms with E-state index in [0.717, 1.165) is 5.56 Å². The Morgan fingerprint density at radius 3 is 1.93 bits per heavy atom. The highest BCUT2D eigenvalue weighted by molar-refractivity contribution is 8.13. The lowest BCUT2D eigenvalue weighted by atomic mass is 10.1. The van der Waals surface area contributed by atoms with Crippen molar-refractivity contribution in [2.24, 2.45) is 0 Å². The molecule has 0 N–H and O–H groups in total. The second-order valence-electron chi connectivity index (χ2n) is 3.24. The maximum absolute atomic E-state index is 10.9. The predicted molar refractivity (Wildman–Crippen MR) is 66.3 cm³/mol. The second kappa shape index (κ2) is 4.06. The van der Waals surface area contributed by atoms with Crippen molar-refractivity contribution in [3.63, 3.8) is 0 Å². The summed E-state index contributed by atoms with van der Waals surface area (Å²) in [4.78, 5) is -0.0172. The van der Waals surface area contributed by atoms with Crippen molar-refractivity contribution in [1.29, 1.82) is 0 Å². The first-order valence-corrected chi connectivity index (χ1v) is 7.30. The summed E-state index contributed by atoms with van der Waals surface area (Å²) in [5.41, 5.74) is 1.01. The molecule has 6 heteroatoms. The first-order valence-electron chi connectivity index (χ1n) is 3.84. The van der Waals surface area contributed by atoms with Crippen LogP contribution in [0.2, 0.25) is 0 Å². The fourth-order valence-corrected chi connectivity index (χ4v) is 2.13. The third-order valence-electron chi connectivity index (χ3n) is 1.76. The van der Waals surface area contributed by atoms with E-state index in [4.69, 9.17) is 10.7 Å². The smallest absolute Gasteiger partial charge is 0.207 e. The first kappa shape index (κ1) is 12.4. The van der Waals surface area contributed by atoms with E-state index in [1.165, 1.54) is 12.1 Å². The van der Waals surface area contributed by atoms with E-state index in [-0.39, 0.29) is 9.79 Å². The number of halogens is 1. The van der Waals surface area contributed by atoms with Crippen LogP contribution in [-0.4, -0.2) is 8.42 Å². The van der Waals surface area contributed by atoms with Crippen molar-refractivity contribution in [3.8, 4) is 0 Å². The third-order valence-corrected chi connectivity index (χ3v) is 3.79. The van der Waals surface area contributed by atoms with Crippen LogP contribution in [0, 0.1) is 0 Å². The summed E-state index contributed by atoms with van der Waals surface area (Å²) < 4.78 is 21.9. The minimum atomic E-state index is -3.61. The molecule has 78 valence electrons. The van der Waals surface area contributed by atoms with E-state index >= 15 is 0 Å². The summed E-state index contributed by atoms with van der Waals surface area (Å²) in [6, 6.07) is 6.50. The summed E-state index contributed by atoms with van der Waals surface area (Å²) in [6.07, 6.45) is 0. The molecule has 0 spiro atoms. The molecule has 0 aliphatic carbocycles. The van der Waals surface area contributed by atoms with E-state index in [2.05, 4.69) is 18.5 Å². The first-order chi connectivity index (χ1) is 6.21. The van der Waals surface area contributed by atoms with Crippen LogP contribution in [-0.2, 0) is 13.9 Å². The van der Waals surface area contributed by atoms with Crippen LogP contribution in [0.3, 0.4) is 0 Å². The van der Waals surface area contributed by atoms with Crippen molar-refractivity contribution < 1.29 is 8.42 Å².